The molecule has 8 heteroatoms. The highest BCUT2D eigenvalue weighted by atomic mass is 19.4. The molecular formula is C10H9F3N2O3. The van der Waals surface area contributed by atoms with Gasteiger partial charge in [0.05, 0.1) is 17.5 Å². The summed E-state index contributed by atoms with van der Waals surface area (Å²) in [6, 6.07) is 0.656. The summed E-state index contributed by atoms with van der Waals surface area (Å²) in [6.45, 7) is -0.162. The lowest BCUT2D eigenvalue weighted by molar-refractivity contribution is -0.138. The van der Waals surface area contributed by atoms with E-state index in [1.165, 1.54) is 0 Å². The van der Waals surface area contributed by atoms with Crippen LogP contribution in [0.15, 0.2) is 18.5 Å². The SMILES string of the molecule is O=C(O)CCNC(=O)c1cncc(C(F)(F)F)c1. The van der Waals surface area contributed by atoms with Crippen molar-refractivity contribution < 1.29 is 27.9 Å². The van der Waals surface area contributed by atoms with Crippen molar-refractivity contribution in [1.82, 2.24) is 10.3 Å². The lowest BCUT2D eigenvalue weighted by Crippen LogP contribution is -2.26. The number of carboxylic acids is 1. The van der Waals surface area contributed by atoms with E-state index in [0.29, 0.717) is 12.3 Å². The average molecular weight is 262 g/mol. The summed E-state index contributed by atoms with van der Waals surface area (Å²) >= 11 is 0. The van der Waals surface area contributed by atoms with Crippen LogP contribution in [0.1, 0.15) is 22.3 Å². The average Bonchev–Trinajstić information content (AvgIpc) is 2.27. The first-order valence-electron chi connectivity index (χ1n) is 4.83. The number of nitrogens with one attached hydrogen (secondary N) is 1. The molecule has 0 aromatic carbocycles. The number of carbonyl (C=O) groups excluding carboxylic acids is 1. The van der Waals surface area contributed by atoms with E-state index in [4.69, 9.17) is 5.11 Å². The van der Waals surface area contributed by atoms with Crippen molar-refractivity contribution in [3.8, 4) is 0 Å². The van der Waals surface area contributed by atoms with Gasteiger partial charge in [0, 0.05) is 18.9 Å². The van der Waals surface area contributed by atoms with Gasteiger partial charge in [-0.2, -0.15) is 13.2 Å². The molecule has 0 saturated carbocycles. The Hall–Kier alpha value is -2.12. The minimum absolute atomic E-state index is 0.162. The van der Waals surface area contributed by atoms with E-state index in [9.17, 15) is 22.8 Å². The number of hydrogen-bond acceptors (Lipinski definition) is 3. The van der Waals surface area contributed by atoms with Crippen LogP contribution in [0.2, 0.25) is 0 Å². The molecule has 0 aliphatic heterocycles. The number of rotatable bonds is 4. The number of nitrogens with zero attached hydrogens (tertiary/aromatic N) is 1. The number of pyridine rings is 1. The number of carboxylic acid groups (broad SMARTS) is 1. The van der Waals surface area contributed by atoms with Crippen LogP contribution >= 0.6 is 0 Å². The molecular weight excluding hydrogens is 253 g/mol. The van der Waals surface area contributed by atoms with Gasteiger partial charge in [0.25, 0.3) is 5.91 Å². The van der Waals surface area contributed by atoms with Crippen molar-refractivity contribution in [2.75, 3.05) is 6.54 Å². The fourth-order valence-electron chi connectivity index (χ4n) is 1.10. The molecule has 0 unspecified atom stereocenters. The van der Waals surface area contributed by atoms with Gasteiger partial charge in [-0.1, -0.05) is 0 Å². The number of hydrogen-bond donors (Lipinski definition) is 2. The normalized spacial score (nSPS) is 11.1. The van der Waals surface area contributed by atoms with Gasteiger partial charge in [-0.15, -0.1) is 0 Å². The molecule has 2 N–H and O–H groups in total. The molecule has 0 atom stereocenters. The van der Waals surface area contributed by atoms with Crippen molar-refractivity contribution in [2.45, 2.75) is 12.6 Å². The highest BCUT2D eigenvalue weighted by Crippen LogP contribution is 2.28. The van der Waals surface area contributed by atoms with Crippen LogP contribution in [0, 0.1) is 0 Å². The number of carbonyl (C=O) groups is 2. The summed E-state index contributed by atoms with van der Waals surface area (Å²) in [5, 5.41) is 10.5. The molecule has 1 aromatic rings. The Kier molecular flexibility index (Phi) is 4.24. The molecule has 18 heavy (non-hydrogen) atoms. The van der Waals surface area contributed by atoms with Gasteiger partial charge in [-0.25, -0.2) is 0 Å². The van der Waals surface area contributed by atoms with Crippen molar-refractivity contribution >= 4 is 11.9 Å². The van der Waals surface area contributed by atoms with Crippen molar-refractivity contribution in [3.05, 3.63) is 29.6 Å². The van der Waals surface area contributed by atoms with Crippen LogP contribution in [-0.4, -0.2) is 28.5 Å². The summed E-state index contributed by atoms with van der Waals surface area (Å²) in [5.74, 6) is -1.91. The number of halogens is 3. The van der Waals surface area contributed by atoms with Crippen LogP contribution < -0.4 is 5.32 Å². The van der Waals surface area contributed by atoms with Crippen LogP contribution in [0.25, 0.3) is 0 Å². The number of amides is 1. The molecule has 1 heterocycles. The van der Waals surface area contributed by atoms with Gasteiger partial charge < -0.3 is 10.4 Å². The zero-order chi connectivity index (χ0) is 13.8. The Balaban J connectivity index is 2.72. The molecule has 0 bridgehead atoms. The van der Waals surface area contributed by atoms with E-state index in [1.807, 2.05) is 0 Å². The Morgan fingerprint density at radius 2 is 2.00 bits per heavy atom. The highest BCUT2D eigenvalue weighted by molar-refractivity contribution is 5.94. The van der Waals surface area contributed by atoms with E-state index in [0.717, 1.165) is 6.20 Å². The molecule has 1 rings (SSSR count). The molecule has 98 valence electrons. The summed E-state index contributed by atoms with van der Waals surface area (Å²) in [4.78, 5) is 24.9. The summed E-state index contributed by atoms with van der Waals surface area (Å²) < 4.78 is 37.0. The molecule has 0 radical (unpaired) electrons. The lowest BCUT2D eigenvalue weighted by atomic mass is 10.2. The van der Waals surface area contributed by atoms with Crippen LogP contribution in [-0.2, 0) is 11.0 Å². The minimum atomic E-state index is -4.58. The zero-order valence-electron chi connectivity index (χ0n) is 8.99. The van der Waals surface area contributed by atoms with E-state index >= 15 is 0 Å². The standard InChI is InChI=1S/C10H9F3N2O3/c11-10(12,13)7-3-6(4-14-5-7)9(18)15-2-1-8(16)17/h3-5H,1-2H2,(H,15,18)(H,16,17). The predicted molar refractivity (Wildman–Crippen MR) is 53.8 cm³/mol. The maximum absolute atomic E-state index is 12.3. The number of aliphatic carboxylic acids is 1. The predicted octanol–water partition coefficient (Wildman–Crippen LogP) is 1.30. The second kappa shape index (κ2) is 5.48. The third-order valence-corrected chi connectivity index (χ3v) is 1.95. The van der Waals surface area contributed by atoms with Crippen molar-refractivity contribution in [3.63, 3.8) is 0 Å². The number of alkyl halides is 3. The van der Waals surface area contributed by atoms with Crippen LogP contribution in [0.3, 0.4) is 0 Å². The molecule has 5 nitrogen and oxygen atoms in total. The summed E-state index contributed by atoms with van der Waals surface area (Å²) in [7, 11) is 0. The number of aromatic nitrogens is 1. The van der Waals surface area contributed by atoms with Crippen molar-refractivity contribution in [2.24, 2.45) is 0 Å². The van der Waals surface area contributed by atoms with Gasteiger partial charge >= 0.3 is 12.1 Å². The topological polar surface area (TPSA) is 79.3 Å². The van der Waals surface area contributed by atoms with E-state index < -0.39 is 23.6 Å². The second-order valence-electron chi connectivity index (χ2n) is 3.36. The molecule has 0 spiro atoms. The Bertz CT molecular complexity index is 460. The Morgan fingerprint density at radius 1 is 1.33 bits per heavy atom. The summed E-state index contributed by atoms with van der Waals surface area (Å²) in [5.41, 5.74) is -1.30. The van der Waals surface area contributed by atoms with Gasteiger partial charge in [-0.05, 0) is 6.07 Å². The van der Waals surface area contributed by atoms with E-state index in [-0.39, 0.29) is 18.5 Å². The van der Waals surface area contributed by atoms with Gasteiger partial charge in [0.1, 0.15) is 0 Å². The fraction of sp³-hybridized carbons (Fsp3) is 0.300. The van der Waals surface area contributed by atoms with Crippen LogP contribution in [0.4, 0.5) is 13.2 Å². The largest absolute Gasteiger partial charge is 0.481 e. The smallest absolute Gasteiger partial charge is 0.417 e. The van der Waals surface area contributed by atoms with Crippen molar-refractivity contribution in [1.29, 1.82) is 0 Å². The molecule has 0 aliphatic carbocycles. The zero-order valence-corrected chi connectivity index (χ0v) is 8.99. The second-order valence-corrected chi connectivity index (χ2v) is 3.36. The first-order valence-corrected chi connectivity index (χ1v) is 4.83. The van der Waals surface area contributed by atoms with Crippen LogP contribution in [0.5, 0.6) is 0 Å². The first kappa shape index (κ1) is 13.9. The Labute approximate surface area is 99.6 Å². The molecule has 1 amide bonds. The maximum atomic E-state index is 12.3. The highest BCUT2D eigenvalue weighted by Gasteiger charge is 2.31. The third kappa shape index (κ3) is 4.04. The maximum Gasteiger partial charge on any atom is 0.417 e. The quantitative estimate of drug-likeness (QED) is 0.857. The van der Waals surface area contributed by atoms with E-state index in [2.05, 4.69) is 10.3 Å². The monoisotopic (exact) mass is 262 g/mol. The fourth-order valence-corrected chi connectivity index (χ4v) is 1.10. The van der Waals surface area contributed by atoms with Gasteiger partial charge in [-0.3, -0.25) is 14.6 Å². The first-order chi connectivity index (χ1) is 8.30. The Morgan fingerprint density at radius 3 is 2.56 bits per heavy atom. The molecule has 0 fully saturated rings. The molecule has 0 saturated heterocycles. The lowest BCUT2D eigenvalue weighted by Gasteiger charge is -2.08. The molecule has 0 aliphatic rings. The van der Waals surface area contributed by atoms with Gasteiger partial charge in [0.15, 0.2) is 0 Å². The summed E-state index contributed by atoms with van der Waals surface area (Å²) in [6.07, 6.45) is -3.30. The third-order valence-electron chi connectivity index (χ3n) is 1.95. The van der Waals surface area contributed by atoms with E-state index in [1.54, 1.807) is 0 Å². The minimum Gasteiger partial charge on any atom is -0.481 e. The molecule has 1 aromatic heterocycles. The van der Waals surface area contributed by atoms with Gasteiger partial charge in [0.2, 0.25) is 0 Å².